The molecule has 5 heteroatoms. The first-order valence-electron chi connectivity index (χ1n) is 9.20. The molecule has 3 aliphatic heterocycles. The van der Waals surface area contributed by atoms with Gasteiger partial charge in [0.05, 0.1) is 23.5 Å². The number of nitrogens with zero attached hydrogens (tertiary/aromatic N) is 3. The van der Waals surface area contributed by atoms with E-state index >= 15 is 0 Å². The molecule has 5 nitrogen and oxygen atoms in total. The Labute approximate surface area is 143 Å². The van der Waals surface area contributed by atoms with Gasteiger partial charge in [-0.25, -0.2) is 4.79 Å². The second-order valence-electron chi connectivity index (χ2n) is 7.73. The number of carbonyl (C=O) groups excluding carboxylic acids is 1. The van der Waals surface area contributed by atoms with Crippen LogP contribution in [-0.2, 0) is 4.74 Å². The Hall–Kier alpha value is -1.91. The van der Waals surface area contributed by atoms with Gasteiger partial charge in [-0.2, -0.15) is 0 Å². The third-order valence-corrected chi connectivity index (χ3v) is 6.60. The number of carbonyl (C=O) groups is 1. The second-order valence-corrected chi connectivity index (χ2v) is 7.73. The smallest absolute Gasteiger partial charge is 0.409 e. The number of likely N-dealkylation sites (N-methyl/N-ethyl adjacent to an activating group) is 1. The molecule has 1 amide bonds. The third kappa shape index (κ3) is 1.78. The third-order valence-electron chi connectivity index (χ3n) is 6.60. The van der Waals surface area contributed by atoms with E-state index in [1.54, 1.807) is 0 Å². The maximum absolute atomic E-state index is 12.2. The molecule has 2 atom stereocenters. The first-order valence-corrected chi connectivity index (χ1v) is 9.20. The predicted octanol–water partition coefficient (Wildman–Crippen LogP) is 2.80. The van der Waals surface area contributed by atoms with Crippen molar-refractivity contribution in [2.24, 2.45) is 0 Å². The molecule has 1 saturated heterocycles. The fraction of sp³-hybridized carbons (Fsp3) is 0.632. The first-order chi connectivity index (χ1) is 11.6. The Morgan fingerprint density at radius 2 is 2.21 bits per heavy atom. The topological polar surface area (TPSA) is 36.0 Å². The van der Waals surface area contributed by atoms with Gasteiger partial charge in [-0.3, -0.25) is 0 Å². The lowest BCUT2D eigenvalue weighted by Crippen LogP contribution is -2.54. The van der Waals surface area contributed by atoms with Gasteiger partial charge in [0.2, 0.25) is 0 Å². The molecule has 1 aromatic carbocycles. The van der Waals surface area contributed by atoms with Crippen LogP contribution in [0.5, 0.6) is 0 Å². The molecule has 1 aromatic rings. The molecular weight excluding hydrogens is 302 g/mol. The fourth-order valence-corrected chi connectivity index (χ4v) is 5.11. The number of benzene rings is 1. The minimum atomic E-state index is -0.155. The molecule has 5 rings (SSSR count). The molecule has 0 aromatic heterocycles. The molecule has 128 valence electrons. The van der Waals surface area contributed by atoms with Crippen molar-refractivity contribution in [3.05, 3.63) is 23.8 Å². The van der Waals surface area contributed by atoms with Crippen molar-refractivity contribution in [3.8, 4) is 0 Å². The number of hydrogen-bond donors (Lipinski definition) is 0. The van der Waals surface area contributed by atoms with Crippen molar-refractivity contribution in [3.63, 3.8) is 0 Å². The molecule has 2 fully saturated rings. The standard InChI is InChI=1S/C19H25N3O2/c1-3-24-18(23)21-10-7-15-14(11-21)13-5-4-6-16-17(13)22(15)12-19(8-9-19)20(16)2/h4-6,14-15H,3,7-12H2,1-2H3/t14-,15-/m0/s1. The van der Waals surface area contributed by atoms with Crippen molar-refractivity contribution in [1.82, 2.24) is 4.90 Å². The monoisotopic (exact) mass is 327 g/mol. The molecule has 1 spiro atoms. The summed E-state index contributed by atoms with van der Waals surface area (Å²) in [6.07, 6.45) is 3.49. The average molecular weight is 327 g/mol. The van der Waals surface area contributed by atoms with Crippen LogP contribution < -0.4 is 9.80 Å². The molecule has 24 heavy (non-hydrogen) atoms. The van der Waals surface area contributed by atoms with Crippen LogP contribution in [0.4, 0.5) is 16.2 Å². The van der Waals surface area contributed by atoms with Gasteiger partial charge < -0.3 is 19.4 Å². The van der Waals surface area contributed by atoms with E-state index in [-0.39, 0.29) is 6.09 Å². The quantitative estimate of drug-likeness (QED) is 0.795. The molecular formula is C19H25N3O2. The zero-order chi connectivity index (χ0) is 16.5. The summed E-state index contributed by atoms with van der Waals surface area (Å²) in [5, 5.41) is 0. The SMILES string of the molecule is CCOC(=O)N1CC[C@H]2[C@@H](C1)c1cccc3c1N2CC1(CC1)N3C. The highest BCUT2D eigenvalue weighted by molar-refractivity contribution is 5.83. The van der Waals surface area contributed by atoms with Gasteiger partial charge in [-0.15, -0.1) is 0 Å². The van der Waals surface area contributed by atoms with Gasteiger partial charge in [0.25, 0.3) is 0 Å². The summed E-state index contributed by atoms with van der Waals surface area (Å²) in [6, 6.07) is 7.27. The summed E-state index contributed by atoms with van der Waals surface area (Å²) in [7, 11) is 2.26. The van der Waals surface area contributed by atoms with Crippen LogP contribution in [0.15, 0.2) is 18.2 Å². The number of amides is 1. The van der Waals surface area contributed by atoms with Gasteiger partial charge >= 0.3 is 6.09 Å². The Kier molecular flexibility index (Phi) is 2.89. The lowest BCUT2D eigenvalue weighted by atomic mass is 9.89. The van der Waals surface area contributed by atoms with Crippen molar-refractivity contribution in [1.29, 1.82) is 0 Å². The summed E-state index contributed by atoms with van der Waals surface area (Å²) in [5.74, 6) is 0.417. The van der Waals surface area contributed by atoms with E-state index in [9.17, 15) is 4.79 Å². The number of para-hydroxylation sites is 1. The minimum absolute atomic E-state index is 0.155. The zero-order valence-corrected chi connectivity index (χ0v) is 14.5. The zero-order valence-electron chi connectivity index (χ0n) is 14.5. The average Bonchev–Trinajstić information content (AvgIpc) is 3.31. The fourth-order valence-electron chi connectivity index (χ4n) is 5.11. The number of hydrogen-bond acceptors (Lipinski definition) is 4. The summed E-state index contributed by atoms with van der Waals surface area (Å²) >= 11 is 0. The van der Waals surface area contributed by atoms with Crippen molar-refractivity contribution in [2.75, 3.05) is 43.1 Å². The number of ether oxygens (including phenoxy) is 1. The molecule has 1 aliphatic carbocycles. The lowest BCUT2D eigenvalue weighted by molar-refractivity contribution is 0.0932. The number of anilines is 2. The van der Waals surface area contributed by atoms with E-state index in [1.165, 1.54) is 29.8 Å². The van der Waals surface area contributed by atoms with Gasteiger partial charge in [0.1, 0.15) is 0 Å². The van der Waals surface area contributed by atoms with Crippen LogP contribution in [0.2, 0.25) is 0 Å². The second kappa shape index (κ2) is 4.80. The molecule has 3 heterocycles. The molecule has 1 saturated carbocycles. The molecule has 0 radical (unpaired) electrons. The predicted molar refractivity (Wildman–Crippen MR) is 93.9 cm³/mol. The van der Waals surface area contributed by atoms with Crippen LogP contribution in [0.25, 0.3) is 0 Å². The van der Waals surface area contributed by atoms with Gasteiger partial charge in [0.15, 0.2) is 0 Å². The Bertz CT molecular complexity index is 700. The van der Waals surface area contributed by atoms with Gasteiger partial charge in [0, 0.05) is 38.6 Å². The summed E-state index contributed by atoms with van der Waals surface area (Å²) in [6.45, 7) is 5.06. The van der Waals surface area contributed by atoms with E-state index in [0.29, 0.717) is 24.1 Å². The van der Waals surface area contributed by atoms with Crippen LogP contribution in [-0.4, -0.2) is 55.9 Å². The Morgan fingerprint density at radius 3 is 2.96 bits per heavy atom. The van der Waals surface area contributed by atoms with Gasteiger partial charge in [-0.05, 0) is 37.8 Å². The number of likely N-dealkylation sites (tertiary alicyclic amines) is 1. The van der Waals surface area contributed by atoms with E-state index in [4.69, 9.17) is 4.74 Å². The normalized spacial score (nSPS) is 28.7. The lowest BCUT2D eigenvalue weighted by Gasteiger charge is -2.45. The first kappa shape index (κ1) is 14.4. The Balaban J connectivity index is 1.51. The van der Waals surface area contributed by atoms with Crippen LogP contribution in [0, 0.1) is 0 Å². The molecule has 0 unspecified atom stereocenters. The molecule has 0 N–H and O–H groups in total. The van der Waals surface area contributed by atoms with Gasteiger partial charge in [-0.1, -0.05) is 12.1 Å². The van der Waals surface area contributed by atoms with Crippen LogP contribution in [0.3, 0.4) is 0 Å². The largest absolute Gasteiger partial charge is 0.450 e. The Morgan fingerprint density at radius 1 is 1.38 bits per heavy atom. The molecule has 0 bridgehead atoms. The van der Waals surface area contributed by atoms with Crippen molar-refractivity contribution in [2.45, 2.75) is 43.7 Å². The maximum Gasteiger partial charge on any atom is 0.409 e. The minimum Gasteiger partial charge on any atom is -0.450 e. The van der Waals surface area contributed by atoms with Crippen LogP contribution >= 0.6 is 0 Å². The van der Waals surface area contributed by atoms with Crippen molar-refractivity contribution >= 4 is 17.5 Å². The van der Waals surface area contributed by atoms with E-state index < -0.39 is 0 Å². The summed E-state index contributed by atoms with van der Waals surface area (Å²) in [5.41, 5.74) is 4.60. The number of piperidine rings is 1. The van der Waals surface area contributed by atoms with E-state index in [2.05, 4.69) is 35.0 Å². The highest BCUT2D eigenvalue weighted by Gasteiger charge is 2.56. The number of fused-ring (bicyclic) bond motifs is 3. The van der Waals surface area contributed by atoms with E-state index in [0.717, 1.165) is 26.1 Å². The maximum atomic E-state index is 12.2. The van der Waals surface area contributed by atoms with E-state index in [1.807, 2.05) is 11.8 Å². The molecule has 4 aliphatic rings. The number of rotatable bonds is 1. The summed E-state index contributed by atoms with van der Waals surface area (Å²) in [4.78, 5) is 19.3. The highest BCUT2D eigenvalue weighted by atomic mass is 16.6. The van der Waals surface area contributed by atoms with Crippen LogP contribution in [0.1, 0.15) is 37.7 Å². The van der Waals surface area contributed by atoms with Crippen molar-refractivity contribution < 1.29 is 9.53 Å². The summed E-state index contributed by atoms with van der Waals surface area (Å²) < 4.78 is 5.23. The highest BCUT2D eigenvalue weighted by Crippen LogP contribution is 2.57.